The fourth-order valence-corrected chi connectivity index (χ4v) is 4.12. The first kappa shape index (κ1) is 15.7. The summed E-state index contributed by atoms with van der Waals surface area (Å²) in [5.41, 5.74) is 3.60. The number of para-hydroxylation sites is 1. The van der Waals surface area contributed by atoms with Crippen LogP contribution in [0.15, 0.2) is 42.5 Å². The van der Waals surface area contributed by atoms with E-state index in [9.17, 15) is 4.79 Å². The maximum atomic E-state index is 13.2. The van der Waals surface area contributed by atoms with Gasteiger partial charge in [-0.2, -0.15) is 0 Å². The number of hydrogen-bond donors (Lipinski definition) is 0. The Bertz CT molecular complexity index is 995. The van der Waals surface area contributed by atoms with Crippen LogP contribution in [0.2, 0.25) is 0 Å². The molecule has 2 aromatic carbocycles. The fourth-order valence-electron chi connectivity index (χ4n) is 4.12. The molecule has 5 heteroatoms. The van der Waals surface area contributed by atoms with E-state index in [4.69, 9.17) is 9.72 Å². The van der Waals surface area contributed by atoms with Gasteiger partial charge < -0.3 is 9.64 Å². The zero-order valence-corrected chi connectivity index (χ0v) is 14.6. The maximum Gasteiger partial charge on any atom is 0.259 e. The molecule has 0 bridgehead atoms. The number of carbonyl (C=O) groups excluding carboxylic acids is 1. The lowest BCUT2D eigenvalue weighted by Crippen LogP contribution is -2.38. The van der Waals surface area contributed by atoms with Crippen molar-refractivity contribution in [3.8, 4) is 0 Å². The number of amides is 1. The summed E-state index contributed by atoms with van der Waals surface area (Å²) in [4.78, 5) is 22.3. The maximum absolute atomic E-state index is 13.2. The van der Waals surface area contributed by atoms with E-state index in [1.807, 2.05) is 47.4 Å². The van der Waals surface area contributed by atoms with E-state index in [-0.39, 0.29) is 5.91 Å². The van der Waals surface area contributed by atoms with E-state index in [0.717, 1.165) is 78.9 Å². The van der Waals surface area contributed by atoms with Gasteiger partial charge in [0, 0.05) is 37.0 Å². The van der Waals surface area contributed by atoms with Crippen LogP contribution in [0.3, 0.4) is 0 Å². The van der Waals surface area contributed by atoms with Gasteiger partial charge in [-0.05, 0) is 24.6 Å². The highest BCUT2D eigenvalue weighted by molar-refractivity contribution is 6.30. The van der Waals surface area contributed by atoms with Crippen molar-refractivity contribution in [2.75, 3.05) is 44.3 Å². The number of hydrogen-bond acceptors (Lipinski definition) is 4. The smallest absolute Gasteiger partial charge is 0.259 e. The van der Waals surface area contributed by atoms with E-state index < -0.39 is 0 Å². The van der Waals surface area contributed by atoms with Crippen molar-refractivity contribution in [2.24, 2.45) is 0 Å². The summed E-state index contributed by atoms with van der Waals surface area (Å²) >= 11 is 0. The first-order chi connectivity index (χ1) is 12.8. The molecule has 0 unspecified atom stereocenters. The average Bonchev–Trinajstić information content (AvgIpc) is 2.97. The van der Waals surface area contributed by atoms with Crippen LogP contribution in [0.5, 0.6) is 0 Å². The number of morpholine rings is 1. The number of carbonyl (C=O) groups is 1. The zero-order valence-electron chi connectivity index (χ0n) is 14.6. The molecule has 26 heavy (non-hydrogen) atoms. The molecule has 3 aromatic rings. The third kappa shape index (κ3) is 2.47. The molecule has 1 saturated heterocycles. The van der Waals surface area contributed by atoms with Crippen molar-refractivity contribution in [2.45, 2.75) is 6.42 Å². The minimum atomic E-state index is 0.108. The van der Waals surface area contributed by atoms with Crippen LogP contribution >= 0.6 is 0 Å². The van der Waals surface area contributed by atoms with Gasteiger partial charge in [0.25, 0.3) is 5.91 Å². The summed E-state index contributed by atoms with van der Waals surface area (Å²) in [7, 11) is 0. The number of aromatic nitrogens is 1. The van der Waals surface area contributed by atoms with Gasteiger partial charge in [0.1, 0.15) is 0 Å². The normalized spacial score (nSPS) is 17.5. The Hall–Kier alpha value is -2.50. The van der Waals surface area contributed by atoms with E-state index in [1.165, 1.54) is 0 Å². The van der Waals surface area contributed by atoms with Gasteiger partial charge in [-0.3, -0.25) is 9.69 Å². The van der Waals surface area contributed by atoms with E-state index in [1.54, 1.807) is 0 Å². The predicted molar refractivity (Wildman–Crippen MR) is 103 cm³/mol. The largest absolute Gasteiger partial charge is 0.379 e. The third-order valence-corrected chi connectivity index (χ3v) is 5.39. The number of pyridine rings is 1. The molecule has 1 aromatic heterocycles. The lowest BCUT2D eigenvalue weighted by Gasteiger charge is -2.27. The van der Waals surface area contributed by atoms with Crippen molar-refractivity contribution in [1.29, 1.82) is 0 Å². The number of ether oxygens (including phenoxy) is 1. The second-order valence-corrected chi connectivity index (χ2v) is 6.94. The van der Waals surface area contributed by atoms with Crippen LogP contribution in [-0.2, 0) is 4.74 Å². The Morgan fingerprint density at radius 2 is 1.77 bits per heavy atom. The fraction of sp³-hybridized carbons (Fsp3) is 0.333. The molecule has 0 saturated carbocycles. The summed E-state index contributed by atoms with van der Waals surface area (Å²) < 4.78 is 5.41. The lowest BCUT2D eigenvalue weighted by atomic mass is 10.0. The van der Waals surface area contributed by atoms with Crippen LogP contribution < -0.4 is 4.90 Å². The van der Waals surface area contributed by atoms with Crippen LogP contribution in [-0.4, -0.2) is 55.2 Å². The first-order valence-electron chi connectivity index (χ1n) is 9.26. The molecule has 3 heterocycles. The summed E-state index contributed by atoms with van der Waals surface area (Å²) in [6.45, 7) is 5.32. The molecular formula is C21H21N3O2. The number of benzene rings is 2. The zero-order chi connectivity index (χ0) is 17.5. The molecule has 0 atom stereocenters. The Morgan fingerprint density at radius 3 is 2.65 bits per heavy atom. The van der Waals surface area contributed by atoms with Crippen molar-refractivity contribution in [1.82, 2.24) is 9.88 Å². The number of anilines is 1. The summed E-state index contributed by atoms with van der Waals surface area (Å²) in [6, 6.07) is 14.0. The minimum Gasteiger partial charge on any atom is -0.379 e. The molecule has 2 aliphatic heterocycles. The molecule has 2 aliphatic rings. The van der Waals surface area contributed by atoms with E-state index in [2.05, 4.69) is 4.90 Å². The van der Waals surface area contributed by atoms with Crippen molar-refractivity contribution in [3.05, 3.63) is 48.0 Å². The standard InChI is InChI=1S/C21H21N3O2/c25-21-19-15-5-1-2-6-16(15)22-17-7-3-8-18(20(17)19)24(21)10-4-9-23-11-13-26-14-12-23/h1-3,5-8H,4,9-14H2. The second-order valence-electron chi connectivity index (χ2n) is 6.94. The van der Waals surface area contributed by atoms with Crippen LogP contribution in [0.25, 0.3) is 21.8 Å². The number of fused-ring (bicyclic) bond motifs is 2. The SMILES string of the molecule is O=C1c2c3ccccc3nc3cccc(c23)N1CCCN1CCOCC1. The van der Waals surface area contributed by atoms with Crippen LogP contribution in [0.1, 0.15) is 16.8 Å². The lowest BCUT2D eigenvalue weighted by molar-refractivity contribution is 0.0376. The van der Waals surface area contributed by atoms with E-state index in [0.29, 0.717) is 0 Å². The summed E-state index contributed by atoms with van der Waals surface area (Å²) in [6.07, 6.45) is 0.960. The molecule has 1 fully saturated rings. The molecule has 0 aliphatic carbocycles. The molecule has 132 valence electrons. The molecule has 0 spiro atoms. The van der Waals surface area contributed by atoms with Crippen LogP contribution in [0.4, 0.5) is 5.69 Å². The summed E-state index contributed by atoms with van der Waals surface area (Å²) in [5, 5.41) is 1.95. The minimum absolute atomic E-state index is 0.108. The summed E-state index contributed by atoms with van der Waals surface area (Å²) in [5.74, 6) is 0.108. The van der Waals surface area contributed by atoms with Gasteiger partial charge >= 0.3 is 0 Å². The van der Waals surface area contributed by atoms with Crippen molar-refractivity contribution < 1.29 is 9.53 Å². The number of rotatable bonds is 4. The molecule has 5 rings (SSSR count). The van der Waals surface area contributed by atoms with Crippen molar-refractivity contribution in [3.63, 3.8) is 0 Å². The molecule has 1 amide bonds. The monoisotopic (exact) mass is 347 g/mol. The van der Waals surface area contributed by atoms with Crippen LogP contribution in [0, 0.1) is 0 Å². The Balaban J connectivity index is 1.47. The third-order valence-electron chi connectivity index (χ3n) is 5.39. The average molecular weight is 347 g/mol. The quantitative estimate of drug-likeness (QED) is 0.681. The Kier molecular flexibility index (Phi) is 3.84. The first-order valence-corrected chi connectivity index (χ1v) is 9.26. The van der Waals surface area contributed by atoms with Gasteiger partial charge in [0.2, 0.25) is 0 Å². The predicted octanol–water partition coefficient (Wildman–Crippen LogP) is 3.07. The second kappa shape index (κ2) is 6.34. The van der Waals surface area contributed by atoms with Gasteiger partial charge in [-0.15, -0.1) is 0 Å². The molecule has 5 nitrogen and oxygen atoms in total. The molecular weight excluding hydrogens is 326 g/mol. The molecule has 0 N–H and O–H groups in total. The van der Waals surface area contributed by atoms with Gasteiger partial charge in [0.05, 0.1) is 35.5 Å². The highest BCUT2D eigenvalue weighted by Gasteiger charge is 2.31. The van der Waals surface area contributed by atoms with Gasteiger partial charge in [-0.25, -0.2) is 4.98 Å². The number of nitrogens with zero attached hydrogens (tertiary/aromatic N) is 3. The molecule has 0 radical (unpaired) electrons. The topological polar surface area (TPSA) is 45.7 Å². The Labute approximate surface area is 152 Å². The van der Waals surface area contributed by atoms with E-state index >= 15 is 0 Å². The van der Waals surface area contributed by atoms with Crippen molar-refractivity contribution >= 4 is 33.4 Å². The highest BCUT2D eigenvalue weighted by Crippen LogP contribution is 2.40. The van der Waals surface area contributed by atoms with Gasteiger partial charge in [-0.1, -0.05) is 24.3 Å². The van der Waals surface area contributed by atoms with Gasteiger partial charge in [0.15, 0.2) is 0 Å². The highest BCUT2D eigenvalue weighted by atomic mass is 16.5. The Morgan fingerprint density at radius 1 is 0.962 bits per heavy atom.